The lowest BCUT2D eigenvalue weighted by molar-refractivity contribution is 0.238. The van der Waals surface area contributed by atoms with Crippen molar-refractivity contribution in [2.24, 2.45) is 5.92 Å². The number of phenolic OH excluding ortho intramolecular Hbond substituents is 1. The zero-order chi connectivity index (χ0) is 13.0. The molecule has 18 heavy (non-hydrogen) atoms. The smallest absolute Gasteiger partial charge is 0.115 e. The second-order valence-electron chi connectivity index (χ2n) is 5.56. The molecule has 1 heterocycles. The lowest BCUT2D eigenvalue weighted by Gasteiger charge is -2.26. The van der Waals surface area contributed by atoms with Crippen molar-refractivity contribution in [2.45, 2.75) is 32.9 Å². The fourth-order valence-electron chi connectivity index (χ4n) is 2.47. The summed E-state index contributed by atoms with van der Waals surface area (Å²) in [5.41, 5.74) is 1.28. The summed E-state index contributed by atoms with van der Waals surface area (Å²) in [5, 5.41) is 12.9. The average molecular weight is 248 g/mol. The second-order valence-corrected chi connectivity index (χ2v) is 5.56. The molecule has 0 bridgehead atoms. The highest BCUT2D eigenvalue weighted by Crippen LogP contribution is 2.14. The summed E-state index contributed by atoms with van der Waals surface area (Å²) in [6, 6.07) is 8.15. The van der Waals surface area contributed by atoms with E-state index in [1.807, 2.05) is 12.1 Å². The monoisotopic (exact) mass is 248 g/mol. The van der Waals surface area contributed by atoms with E-state index in [0.29, 0.717) is 17.7 Å². The van der Waals surface area contributed by atoms with Crippen LogP contribution in [-0.4, -0.2) is 35.7 Å². The van der Waals surface area contributed by atoms with Crippen molar-refractivity contribution in [2.75, 3.05) is 19.6 Å². The molecule has 1 saturated heterocycles. The molecule has 1 atom stereocenters. The van der Waals surface area contributed by atoms with Gasteiger partial charge in [0, 0.05) is 19.1 Å². The number of phenols is 1. The Morgan fingerprint density at radius 2 is 2.06 bits per heavy atom. The van der Waals surface area contributed by atoms with Crippen molar-refractivity contribution in [1.82, 2.24) is 10.2 Å². The molecule has 3 nitrogen and oxygen atoms in total. The summed E-state index contributed by atoms with van der Waals surface area (Å²) < 4.78 is 0. The number of hydrogen-bond donors (Lipinski definition) is 2. The molecule has 0 aliphatic carbocycles. The second kappa shape index (κ2) is 6.21. The third kappa shape index (κ3) is 3.72. The van der Waals surface area contributed by atoms with Gasteiger partial charge in [-0.1, -0.05) is 26.0 Å². The Labute approximate surface area is 110 Å². The third-order valence-electron chi connectivity index (χ3n) is 3.66. The Bertz CT molecular complexity index is 361. The molecule has 1 aromatic rings. The largest absolute Gasteiger partial charge is 0.508 e. The molecule has 2 N–H and O–H groups in total. The summed E-state index contributed by atoms with van der Waals surface area (Å²) >= 11 is 0. The SMILES string of the molecule is CC(C)C1CN(Cc2ccc(O)cc2)CCCN1. The number of nitrogens with one attached hydrogen (secondary N) is 1. The van der Waals surface area contributed by atoms with E-state index >= 15 is 0 Å². The van der Waals surface area contributed by atoms with Gasteiger partial charge >= 0.3 is 0 Å². The highest BCUT2D eigenvalue weighted by Gasteiger charge is 2.20. The zero-order valence-electron chi connectivity index (χ0n) is 11.4. The number of hydrogen-bond acceptors (Lipinski definition) is 3. The van der Waals surface area contributed by atoms with Gasteiger partial charge in [-0.15, -0.1) is 0 Å². The summed E-state index contributed by atoms with van der Waals surface area (Å²) in [6.07, 6.45) is 1.21. The van der Waals surface area contributed by atoms with Crippen LogP contribution in [0.2, 0.25) is 0 Å². The quantitative estimate of drug-likeness (QED) is 0.861. The van der Waals surface area contributed by atoms with Crippen LogP contribution < -0.4 is 5.32 Å². The molecular formula is C15H24N2O. The fourth-order valence-corrected chi connectivity index (χ4v) is 2.47. The summed E-state index contributed by atoms with van der Waals surface area (Å²) in [5.74, 6) is 1.02. The van der Waals surface area contributed by atoms with Crippen LogP contribution in [-0.2, 0) is 6.54 Å². The van der Waals surface area contributed by atoms with Gasteiger partial charge in [-0.25, -0.2) is 0 Å². The number of rotatable bonds is 3. The maximum atomic E-state index is 9.30. The van der Waals surface area contributed by atoms with E-state index < -0.39 is 0 Å². The van der Waals surface area contributed by atoms with E-state index in [1.165, 1.54) is 12.0 Å². The van der Waals surface area contributed by atoms with Crippen LogP contribution in [0.5, 0.6) is 5.75 Å². The zero-order valence-corrected chi connectivity index (χ0v) is 11.4. The van der Waals surface area contributed by atoms with Crippen LogP contribution in [0.4, 0.5) is 0 Å². The minimum absolute atomic E-state index is 0.344. The van der Waals surface area contributed by atoms with Gasteiger partial charge in [0.15, 0.2) is 0 Å². The van der Waals surface area contributed by atoms with Gasteiger partial charge in [0.1, 0.15) is 5.75 Å². The summed E-state index contributed by atoms with van der Waals surface area (Å²) in [6.45, 7) is 8.92. The molecule has 3 heteroatoms. The molecule has 1 aliphatic heterocycles. The van der Waals surface area contributed by atoms with Crippen molar-refractivity contribution < 1.29 is 5.11 Å². The average Bonchev–Trinajstić information content (AvgIpc) is 2.58. The Balaban J connectivity index is 1.96. The summed E-state index contributed by atoms with van der Waals surface area (Å²) in [7, 11) is 0. The van der Waals surface area contributed by atoms with Crippen molar-refractivity contribution in [3.63, 3.8) is 0 Å². The van der Waals surface area contributed by atoms with E-state index in [-0.39, 0.29) is 0 Å². The Morgan fingerprint density at radius 3 is 2.72 bits per heavy atom. The van der Waals surface area contributed by atoms with Gasteiger partial charge in [-0.3, -0.25) is 4.90 Å². The minimum atomic E-state index is 0.344. The fraction of sp³-hybridized carbons (Fsp3) is 0.600. The number of nitrogens with zero attached hydrogens (tertiary/aromatic N) is 1. The standard InChI is InChI=1S/C15H24N2O/c1-12(2)15-11-17(9-3-8-16-15)10-13-4-6-14(18)7-5-13/h4-7,12,15-16,18H,3,8-11H2,1-2H3. The van der Waals surface area contributed by atoms with Gasteiger partial charge in [0.25, 0.3) is 0 Å². The van der Waals surface area contributed by atoms with Crippen molar-refractivity contribution >= 4 is 0 Å². The van der Waals surface area contributed by atoms with Crippen molar-refractivity contribution in [1.29, 1.82) is 0 Å². The number of benzene rings is 1. The molecule has 0 aromatic heterocycles. The Hall–Kier alpha value is -1.06. The minimum Gasteiger partial charge on any atom is -0.508 e. The Morgan fingerprint density at radius 1 is 1.33 bits per heavy atom. The molecule has 1 aromatic carbocycles. The molecule has 0 radical (unpaired) electrons. The van der Waals surface area contributed by atoms with Crippen molar-refractivity contribution in [3.05, 3.63) is 29.8 Å². The highest BCUT2D eigenvalue weighted by atomic mass is 16.3. The molecule has 0 saturated carbocycles. The van der Waals surface area contributed by atoms with Crippen LogP contribution in [0.25, 0.3) is 0 Å². The van der Waals surface area contributed by atoms with Crippen LogP contribution in [0.15, 0.2) is 24.3 Å². The maximum absolute atomic E-state index is 9.30. The summed E-state index contributed by atoms with van der Waals surface area (Å²) in [4.78, 5) is 2.51. The van der Waals surface area contributed by atoms with Crippen molar-refractivity contribution in [3.8, 4) is 5.75 Å². The lowest BCUT2D eigenvalue weighted by atomic mass is 10.0. The molecule has 1 aliphatic rings. The predicted molar refractivity (Wildman–Crippen MR) is 74.6 cm³/mol. The van der Waals surface area contributed by atoms with E-state index in [1.54, 1.807) is 12.1 Å². The van der Waals surface area contributed by atoms with E-state index in [9.17, 15) is 5.11 Å². The normalized spacial score (nSPS) is 22.1. The molecular weight excluding hydrogens is 224 g/mol. The first-order valence-electron chi connectivity index (χ1n) is 6.89. The molecule has 1 unspecified atom stereocenters. The van der Waals surface area contributed by atoms with E-state index in [0.717, 1.165) is 26.2 Å². The van der Waals surface area contributed by atoms with Gasteiger partial charge in [-0.05, 0) is 43.1 Å². The molecule has 2 rings (SSSR count). The van der Waals surface area contributed by atoms with Gasteiger partial charge in [-0.2, -0.15) is 0 Å². The maximum Gasteiger partial charge on any atom is 0.115 e. The van der Waals surface area contributed by atoms with Gasteiger partial charge < -0.3 is 10.4 Å². The highest BCUT2D eigenvalue weighted by molar-refractivity contribution is 5.25. The van der Waals surface area contributed by atoms with Gasteiger partial charge in [0.05, 0.1) is 0 Å². The van der Waals surface area contributed by atoms with E-state index in [4.69, 9.17) is 0 Å². The van der Waals surface area contributed by atoms with Crippen LogP contribution in [0.1, 0.15) is 25.8 Å². The Kier molecular flexibility index (Phi) is 4.61. The first kappa shape index (κ1) is 13.4. The first-order chi connectivity index (χ1) is 8.65. The van der Waals surface area contributed by atoms with Crippen LogP contribution in [0, 0.1) is 5.92 Å². The van der Waals surface area contributed by atoms with Crippen LogP contribution >= 0.6 is 0 Å². The lowest BCUT2D eigenvalue weighted by Crippen LogP contribution is -2.40. The topological polar surface area (TPSA) is 35.5 Å². The predicted octanol–water partition coefficient (Wildman–Crippen LogP) is 2.21. The molecule has 1 fully saturated rings. The molecule has 100 valence electrons. The molecule has 0 amide bonds. The number of aromatic hydroxyl groups is 1. The van der Waals surface area contributed by atoms with Crippen LogP contribution in [0.3, 0.4) is 0 Å². The molecule has 0 spiro atoms. The van der Waals surface area contributed by atoms with E-state index in [2.05, 4.69) is 24.1 Å². The third-order valence-corrected chi connectivity index (χ3v) is 3.66. The first-order valence-corrected chi connectivity index (χ1v) is 6.89. The van der Waals surface area contributed by atoms with Gasteiger partial charge in [0.2, 0.25) is 0 Å².